The highest BCUT2D eigenvalue weighted by molar-refractivity contribution is 5.74. The van der Waals surface area contributed by atoms with E-state index in [4.69, 9.17) is 25.5 Å². The van der Waals surface area contributed by atoms with Gasteiger partial charge < -0.3 is 26.2 Å². The van der Waals surface area contributed by atoms with Gasteiger partial charge in [0.2, 0.25) is 5.95 Å². The fraction of sp³-hybridized carbons (Fsp3) is 0.296. The number of imidazole rings is 1. The number of aromatic nitrogens is 4. The number of benzene rings is 1. The van der Waals surface area contributed by atoms with E-state index < -0.39 is 54.1 Å². The number of carboxylic acid groups (broad SMARTS) is 2. The fourth-order valence-corrected chi connectivity index (χ4v) is 4.30. The van der Waals surface area contributed by atoms with Crippen molar-refractivity contribution in [2.24, 2.45) is 11.7 Å². The predicted octanol–water partition coefficient (Wildman–Crippen LogP) is 5.80. The number of anilines is 3. The Bertz CT molecular complexity index is 1730. The average Bonchev–Trinajstić information content (AvgIpc) is 3.38. The van der Waals surface area contributed by atoms with Crippen molar-refractivity contribution in [1.29, 1.82) is 0 Å². The van der Waals surface area contributed by atoms with Crippen LogP contribution < -0.4 is 16.0 Å². The highest BCUT2D eigenvalue weighted by atomic mass is 19.4. The number of nitrogens with two attached hydrogens (primary N) is 1. The Hall–Kier alpha value is -5.28. The number of pyridine rings is 1. The zero-order valence-electron chi connectivity index (χ0n) is 24.2. The third-order valence-corrected chi connectivity index (χ3v) is 6.42. The molecule has 1 fully saturated rings. The first-order valence-electron chi connectivity index (χ1n) is 13.3. The number of carboxylic acids is 2. The largest absolute Gasteiger partial charge is 0.490 e. The van der Waals surface area contributed by atoms with E-state index in [9.17, 15) is 48.3 Å². The first kappa shape index (κ1) is 38.2. The van der Waals surface area contributed by atoms with Crippen molar-refractivity contribution >= 4 is 34.8 Å². The number of alkyl halides is 9. The molecule has 1 aliphatic rings. The Morgan fingerprint density at radius 2 is 1.43 bits per heavy atom. The Kier molecular flexibility index (Phi) is 11.6. The minimum Gasteiger partial charge on any atom is -0.475 e. The van der Waals surface area contributed by atoms with Crippen LogP contribution in [0.3, 0.4) is 0 Å². The molecule has 4 heterocycles. The lowest BCUT2D eigenvalue weighted by molar-refractivity contribution is -0.193. The maximum Gasteiger partial charge on any atom is 0.490 e. The van der Waals surface area contributed by atoms with Gasteiger partial charge in [-0.05, 0) is 36.8 Å². The third-order valence-electron chi connectivity index (χ3n) is 6.42. The second kappa shape index (κ2) is 14.9. The van der Waals surface area contributed by atoms with E-state index in [0.29, 0.717) is 16.9 Å². The van der Waals surface area contributed by atoms with Crippen LogP contribution in [-0.2, 0) is 9.59 Å². The minimum atomic E-state index is -5.08. The van der Waals surface area contributed by atoms with E-state index in [2.05, 4.69) is 20.4 Å². The predicted molar refractivity (Wildman–Crippen MR) is 148 cm³/mol. The molecule has 1 saturated heterocycles. The molecule has 0 radical (unpaired) electrons. The van der Waals surface area contributed by atoms with Crippen molar-refractivity contribution in [3.05, 3.63) is 66.6 Å². The lowest BCUT2D eigenvalue weighted by Gasteiger charge is -2.39. The van der Waals surface area contributed by atoms with Crippen molar-refractivity contribution in [2.75, 3.05) is 23.3 Å². The Morgan fingerprint density at radius 1 is 0.857 bits per heavy atom. The summed E-state index contributed by atoms with van der Waals surface area (Å²) in [5.74, 6) is -8.40. The van der Waals surface area contributed by atoms with Gasteiger partial charge in [0.1, 0.15) is 11.6 Å². The number of rotatable bonds is 4. The van der Waals surface area contributed by atoms with E-state index in [-0.39, 0.29) is 36.7 Å². The van der Waals surface area contributed by atoms with Crippen molar-refractivity contribution in [1.82, 2.24) is 19.6 Å². The molecule has 3 aromatic heterocycles. The second-order valence-corrected chi connectivity index (χ2v) is 10.00. The molecule has 0 bridgehead atoms. The monoisotopic (exact) mass is 717 g/mol. The van der Waals surface area contributed by atoms with Crippen LogP contribution in [0.4, 0.5) is 65.6 Å². The lowest BCUT2D eigenvalue weighted by Crippen LogP contribution is -2.51. The molecule has 4 aromatic rings. The smallest absolute Gasteiger partial charge is 0.475 e. The highest BCUT2D eigenvalue weighted by Gasteiger charge is 2.44. The quantitative estimate of drug-likeness (QED) is 0.190. The molecule has 1 aliphatic heterocycles. The van der Waals surface area contributed by atoms with Crippen molar-refractivity contribution < 1.29 is 68.1 Å². The highest BCUT2D eigenvalue weighted by Crippen LogP contribution is 2.37. The summed E-state index contributed by atoms with van der Waals surface area (Å²) in [5.41, 5.74) is 7.11. The molecule has 5 rings (SSSR count). The van der Waals surface area contributed by atoms with Gasteiger partial charge >= 0.3 is 30.5 Å². The molecule has 11 nitrogen and oxygen atoms in total. The summed E-state index contributed by atoms with van der Waals surface area (Å²) < 4.78 is 134. The zero-order chi connectivity index (χ0) is 36.9. The van der Waals surface area contributed by atoms with Gasteiger partial charge in [-0.2, -0.15) is 49.1 Å². The summed E-state index contributed by atoms with van der Waals surface area (Å²) in [4.78, 5) is 27.7. The first-order chi connectivity index (χ1) is 22.6. The molecular weight excluding hydrogens is 695 g/mol. The number of nitrogens with zero attached hydrogens (tertiary/aromatic N) is 5. The van der Waals surface area contributed by atoms with Crippen molar-refractivity contribution in [3.63, 3.8) is 0 Å². The number of aliphatic carboxylic acids is 2. The van der Waals surface area contributed by atoms with Gasteiger partial charge in [0.15, 0.2) is 0 Å². The van der Waals surface area contributed by atoms with Gasteiger partial charge in [0.25, 0.3) is 0 Å². The van der Waals surface area contributed by atoms with Crippen LogP contribution >= 0.6 is 0 Å². The fourth-order valence-electron chi connectivity index (χ4n) is 4.30. The van der Waals surface area contributed by atoms with Gasteiger partial charge in [0, 0.05) is 25.3 Å². The topological polar surface area (TPSA) is 159 Å². The number of halogens is 11. The minimum absolute atomic E-state index is 0.0515. The molecule has 0 spiro atoms. The van der Waals surface area contributed by atoms with Crippen LogP contribution in [0.5, 0.6) is 0 Å². The van der Waals surface area contributed by atoms with Crippen LogP contribution in [0.15, 0.2) is 55.0 Å². The van der Waals surface area contributed by atoms with E-state index >= 15 is 0 Å². The molecule has 0 unspecified atom stereocenters. The van der Waals surface area contributed by atoms with Gasteiger partial charge in [-0.15, -0.1) is 0 Å². The zero-order valence-corrected chi connectivity index (χ0v) is 24.2. The van der Waals surface area contributed by atoms with Gasteiger partial charge in [-0.1, -0.05) is 6.07 Å². The van der Waals surface area contributed by atoms with Gasteiger partial charge in [0.05, 0.1) is 46.5 Å². The number of fused-ring (bicyclic) bond motifs is 1. The van der Waals surface area contributed by atoms with Crippen LogP contribution in [0, 0.1) is 17.6 Å². The third kappa shape index (κ3) is 10.1. The van der Waals surface area contributed by atoms with Crippen LogP contribution in [0.2, 0.25) is 0 Å². The van der Waals surface area contributed by atoms with E-state index in [1.165, 1.54) is 35.2 Å². The van der Waals surface area contributed by atoms with E-state index in [1.54, 1.807) is 17.0 Å². The summed E-state index contributed by atoms with van der Waals surface area (Å²) >= 11 is 0. The van der Waals surface area contributed by atoms with E-state index in [0.717, 1.165) is 12.1 Å². The molecule has 5 N–H and O–H groups in total. The van der Waals surface area contributed by atoms with Crippen LogP contribution in [0.25, 0.3) is 16.8 Å². The molecule has 0 saturated carbocycles. The summed E-state index contributed by atoms with van der Waals surface area (Å²) in [6.45, 7) is -0.00422. The van der Waals surface area contributed by atoms with Crippen LogP contribution in [-0.4, -0.2) is 79.4 Å². The summed E-state index contributed by atoms with van der Waals surface area (Å²) in [6.07, 6.45) is -10.2. The second-order valence-electron chi connectivity index (χ2n) is 10.00. The average molecular weight is 717 g/mol. The Labute approximate surface area is 266 Å². The number of nitrogens with one attached hydrogen (secondary N) is 1. The Balaban J connectivity index is 0.000000392. The summed E-state index contributed by atoms with van der Waals surface area (Å²) in [5, 5.41) is 21.6. The summed E-state index contributed by atoms with van der Waals surface area (Å²) in [7, 11) is 0. The maximum absolute atomic E-state index is 14.3. The summed E-state index contributed by atoms with van der Waals surface area (Å²) in [6, 6.07) is 7.56. The molecule has 22 heteroatoms. The molecular formula is C27H22F11N7O4. The standard InChI is InChI=1S/C23H20F5N7.2C2HF3O2/c24-16-2-1-3-17(25)21(16)18-5-4-15-9-31-22(35(15)33-18)32-19-10-30-7-6-20(19)34-11-13(23(26,27)28)8-14(29)12-34;2*3-2(4,5)1(6)7/h1-7,9-10,13-14H,8,11-12,29H2,(H,31,32);2*(H,6,7)/t13-,14+;;/m1../s1. The first-order valence-corrected chi connectivity index (χ1v) is 13.3. The van der Waals surface area contributed by atoms with Gasteiger partial charge in [-0.3, -0.25) is 4.98 Å². The number of piperidine rings is 1. The number of carbonyl (C=O) groups is 2. The molecule has 1 aromatic carbocycles. The number of hydrogen-bond acceptors (Lipinski definition) is 8. The number of hydrogen-bond donors (Lipinski definition) is 4. The Morgan fingerprint density at radius 3 is 1.96 bits per heavy atom. The molecule has 49 heavy (non-hydrogen) atoms. The van der Waals surface area contributed by atoms with Crippen molar-refractivity contribution in [3.8, 4) is 11.3 Å². The van der Waals surface area contributed by atoms with E-state index in [1.807, 2.05) is 0 Å². The van der Waals surface area contributed by atoms with Crippen molar-refractivity contribution in [2.45, 2.75) is 31.0 Å². The van der Waals surface area contributed by atoms with Crippen LogP contribution in [0.1, 0.15) is 6.42 Å². The molecule has 2 atom stereocenters. The maximum atomic E-state index is 14.3. The normalized spacial score (nSPS) is 16.6. The molecule has 266 valence electrons. The molecule has 0 amide bonds. The SMILES string of the molecule is N[C@H]1C[C@@H](C(F)(F)F)CN(c2ccncc2Nc2ncc3ccc(-c4c(F)cccc4F)nn23)C1.O=C(O)C(F)(F)F.O=C(O)C(F)(F)F. The van der Waals surface area contributed by atoms with Gasteiger partial charge in [-0.25, -0.2) is 23.4 Å². The lowest BCUT2D eigenvalue weighted by atomic mass is 9.93. The molecule has 0 aliphatic carbocycles.